The van der Waals surface area contributed by atoms with Gasteiger partial charge in [-0.3, -0.25) is 9.69 Å². The zero-order valence-electron chi connectivity index (χ0n) is 12.7. The number of carbonyl (C=O) groups is 1. The van der Waals surface area contributed by atoms with Crippen LogP contribution in [0, 0.1) is 0 Å². The molecule has 1 fully saturated rings. The van der Waals surface area contributed by atoms with E-state index >= 15 is 0 Å². The van der Waals surface area contributed by atoms with Crippen LogP contribution in [0.4, 0.5) is 5.69 Å². The SMILES string of the molecule is CCCNC(=O)c1ccc(OCCN2CCCC2)c(N)c1. The van der Waals surface area contributed by atoms with E-state index in [9.17, 15) is 4.79 Å². The van der Waals surface area contributed by atoms with E-state index in [2.05, 4.69) is 10.2 Å². The Bertz CT molecular complexity index is 471. The Kier molecular flexibility index (Phi) is 5.87. The molecule has 5 heteroatoms. The molecule has 1 saturated heterocycles. The lowest BCUT2D eigenvalue weighted by atomic mass is 10.1. The molecular formula is C16H25N3O2. The number of benzene rings is 1. The molecule has 1 amide bonds. The first-order valence-corrected chi connectivity index (χ1v) is 7.73. The van der Waals surface area contributed by atoms with Gasteiger partial charge >= 0.3 is 0 Å². The second kappa shape index (κ2) is 7.88. The van der Waals surface area contributed by atoms with Crippen LogP contribution in [0.25, 0.3) is 0 Å². The van der Waals surface area contributed by atoms with Crippen LogP contribution in [-0.4, -0.2) is 43.6 Å². The van der Waals surface area contributed by atoms with Crippen molar-refractivity contribution in [1.29, 1.82) is 0 Å². The normalized spacial score (nSPS) is 15.1. The average molecular weight is 291 g/mol. The summed E-state index contributed by atoms with van der Waals surface area (Å²) in [5, 5.41) is 2.83. The van der Waals surface area contributed by atoms with Gasteiger partial charge in [-0.1, -0.05) is 6.92 Å². The lowest BCUT2D eigenvalue weighted by Gasteiger charge is -2.16. The molecule has 0 aliphatic carbocycles. The Morgan fingerprint density at radius 2 is 2.14 bits per heavy atom. The highest BCUT2D eigenvalue weighted by molar-refractivity contribution is 5.95. The van der Waals surface area contributed by atoms with Gasteiger partial charge in [-0.2, -0.15) is 0 Å². The Labute approximate surface area is 126 Å². The fourth-order valence-electron chi connectivity index (χ4n) is 2.45. The first-order chi connectivity index (χ1) is 10.2. The van der Waals surface area contributed by atoms with Crippen molar-refractivity contribution in [2.75, 3.05) is 38.5 Å². The van der Waals surface area contributed by atoms with Gasteiger partial charge in [0.15, 0.2) is 0 Å². The first kappa shape index (κ1) is 15.6. The maximum Gasteiger partial charge on any atom is 0.251 e. The van der Waals surface area contributed by atoms with Crippen molar-refractivity contribution in [3.8, 4) is 5.75 Å². The van der Waals surface area contributed by atoms with E-state index in [1.807, 2.05) is 6.92 Å². The van der Waals surface area contributed by atoms with E-state index < -0.39 is 0 Å². The number of likely N-dealkylation sites (tertiary alicyclic amines) is 1. The number of carbonyl (C=O) groups excluding carboxylic acids is 1. The largest absolute Gasteiger partial charge is 0.490 e. The van der Waals surface area contributed by atoms with Crippen molar-refractivity contribution in [3.63, 3.8) is 0 Å². The van der Waals surface area contributed by atoms with Crippen LogP contribution < -0.4 is 15.8 Å². The Morgan fingerprint density at radius 3 is 2.81 bits per heavy atom. The summed E-state index contributed by atoms with van der Waals surface area (Å²) >= 11 is 0. The van der Waals surface area contributed by atoms with Crippen LogP contribution in [-0.2, 0) is 0 Å². The van der Waals surface area contributed by atoms with Gasteiger partial charge in [-0.15, -0.1) is 0 Å². The molecule has 1 aromatic carbocycles. The molecular weight excluding hydrogens is 266 g/mol. The molecule has 1 aliphatic rings. The summed E-state index contributed by atoms with van der Waals surface area (Å²) in [7, 11) is 0. The van der Waals surface area contributed by atoms with Crippen molar-refractivity contribution in [2.24, 2.45) is 0 Å². The highest BCUT2D eigenvalue weighted by Crippen LogP contribution is 2.22. The van der Waals surface area contributed by atoms with Gasteiger partial charge in [0.1, 0.15) is 12.4 Å². The number of anilines is 1. The summed E-state index contributed by atoms with van der Waals surface area (Å²) in [5.41, 5.74) is 7.05. The molecule has 1 heterocycles. The van der Waals surface area contributed by atoms with Crippen molar-refractivity contribution >= 4 is 11.6 Å². The number of nitrogens with two attached hydrogens (primary N) is 1. The maximum atomic E-state index is 11.8. The minimum absolute atomic E-state index is 0.0906. The zero-order chi connectivity index (χ0) is 15.1. The smallest absolute Gasteiger partial charge is 0.251 e. The minimum Gasteiger partial charge on any atom is -0.490 e. The maximum absolute atomic E-state index is 11.8. The summed E-state index contributed by atoms with van der Waals surface area (Å²) in [4.78, 5) is 14.2. The molecule has 3 N–H and O–H groups in total. The highest BCUT2D eigenvalue weighted by atomic mass is 16.5. The van der Waals surface area contributed by atoms with E-state index in [0.29, 0.717) is 30.2 Å². The Hall–Kier alpha value is -1.75. The standard InChI is InChI=1S/C16H25N3O2/c1-2-7-18-16(20)13-5-6-15(14(17)12-13)21-11-10-19-8-3-4-9-19/h5-6,12H,2-4,7-11,17H2,1H3,(H,18,20). The predicted octanol–water partition coefficient (Wildman–Crippen LogP) is 1.88. The quantitative estimate of drug-likeness (QED) is 0.753. The highest BCUT2D eigenvalue weighted by Gasteiger charge is 2.12. The van der Waals surface area contributed by atoms with Gasteiger partial charge in [0.25, 0.3) is 5.91 Å². The number of nitrogen functional groups attached to an aromatic ring is 1. The van der Waals surface area contributed by atoms with Crippen LogP contribution in [0.3, 0.4) is 0 Å². The number of hydrogen-bond donors (Lipinski definition) is 2. The first-order valence-electron chi connectivity index (χ1n) is 7.73. The summed E-state index contributed by atoms with van der Waals surface area (Å²) in [6.07, 6.45) is 3.48. The molecule has 0 bridgehead atoms. The van der Waals surface area contributed by atoms with Crippen molar-refractivity contribution in [1.82, 2.24) is 10.2 Å². The number of hydrogen-bond acceptors (Lipinski definition) is 4. The summed E-state index contributed by atoms with van der Waals surface area (Å²) < 4.78 is 5.72. The van der Waals surface area contributed by atoms with Crippen LogP contribution >= 0.6 is 0 Å². The third kappa shape index (κ3) is 4.63. The second-order valence-corrected chi connectivity index (χ2v) is 5.41. The van der Waals surface area contributed by atoms with E-state index in [1.165, 1.54) is 12.8 Å². The van der Waals surface area contributed by atoms with Gasteiger partial charge < -0.3 is 15.8 Å². The monoisotopic (exact) mass is 291 g/mol. The molecule has 0 atom stereocenters. The van der Waals surface area contributed by atoms with E-state index in [1.54, 1.807) is 18.2 Å². The van der Waals surface area contributed by atoms with Crippen molar-refractivity contribution in [3.05, 3.63) is 23.8 Å². The van der Waals surface area contributed by atoms with Gasteiger partial charge in [0, 0.05) is 18.7 Å². The zero-order valence-corrected chi connectivity index (χ0v) is 12.7. The molecule has 0 saturated carbocycles. The third-order valence-electron chi connectivity index (χ3n) is 3.67. The predicted molar refractivity (Wildman–Crippen MR) is 84.6 cm³/mol. The molecule has 0 aromatic heterocycles. The van der Waals surface area contributed by atoms with Gasteiger partial charge in [0.2, 0.25) is 0 Å². The van der Waals surface area contributed by atoms with E-state index in [4.69, 9.17) is 10.5 Å². The minimum atomic E-state index is -0.0906. The molecule has 116 valence electrons. The van der Waals surface area contributed by atoms with Crippen LogP contribution in [0.5, 0.6) is 5.75 Å². The number of amides is 1. The molecule has 0 radical (unpaired) electrons. The molecule has 5 nitrogen and oxygen atoms in total. The number of rotatable bonds is 7. The molecule has 21 heavy (non-hydrogen) atoms. The Balaban J connectivity index is 1.84. The number of ether oxygens (including phenoxy) is 1. The van der Waals surface area contributed by atoms with E-state index in [0.717, 1.165) is 26.1 Å². The molecule has 1 aliphatic heterocycles. The summed E-state index contributed by atoms with van der Waals surface area (Å²) in [5.74, 6) is 0.563. The van der Waals surface area contributed by atoms with Crippen LogP contribution in [0.15, 0.2) is 18.2 Å². The topological polar surface area (TPSA) is 67.6 Å². The van der Waals surface area contributed by atoms with Crippen molar-refractivity contribution in [2.45, 2.75) is 26.2 Å². The molecule has 0 unspecified atom stereocenters. The molecule has 1 aromatic rings. The fourth-order valence-corrected chi connectivity index (χ4v) is 2.45. The van der Waals surface area contributed by atoms with E-state index in [-0.39, 0.29) is 5.91 Å². The van der Waals surface area contributed by atoms with Gasteiger partial charge in [0.05, 0.1) is 5.69 Å². The van der Waals surface area contributed by atoms with Gasteiger partial charge in [-0.05, 0) is 50.6 Å². The lowest BCUT2D eigenvalue weighted by molar-refractivity contribution is 0.0953. The van der Waals surface area contributed by atoms with Crippen molar-refractivity contribution < 1.29 is 9.53 Å². The second-order valence-electron chi connectivity index (χ2n) is 5.41. The average Bonchev–Trinajstić information content (AvgIpc) is 2.99. The van der Waals surface area contributed by atoms with Crippen LogP contribution in [0.2, 0.25) is 0 Å². The fraction of sp³-hybridized carbons (Fsp3) is 0.562. The molecule has 2 rings (SSSR count). The molecule has 0 spiro atoms. The number of nitrogens with one attached hydrogen (secondary N) is 1. The van der Waals surface area contributed by atoms with Gasteiger partial charge in [-0.25, -0.2) is 0 Å². The number of nitrogens with zero attached hydrogens (tertiary/aromatic N) is 1. The summed E-state index contributed by atoms with van der Waals surface area (Å²) in [6.45, 7) is 6.58. The lowest BCUT2D eigenvalue weighted by Crippen LogP contribution is -2.25. The summed E-state index contributed by atoms with van der Waals surface area (Å²) in [6, 6.07) is 5.21. The third-order valence-corrected chi connectivity index (χ3v) is 3.67. The Morgan fingerprint density at radius 1 is 1.38 bits per heavy atom. The van der Waals surface area contributed by atoms with Crippen LogP contribution in [0.1, 0.15) is 36.5 Å².